The molecule has 0 saturated carbocycles. The number of morpholine rings is 1. The molecule has 1 aliphatic rings. The van der Waals surface area contributed by atoms with Crippen LogP contribution in [0, 0.1) is 6.92 Å². The van der Waals surface area contributed by atoms with Crippen molar-refractivity contribution in [3.05, 3.63) is 83.9 Å². The lowest BCUT2D eigenvalue weighted by molar-refractivity contribution is -0.117. The van der Waals surface area contributed by atoms with Crippen LogP contribution in [-0.4, -0.2) is 52.0 Å². The third kappa shape index (κ3) is 5.82. The van der Waals surface area contributed by atoms with Gasteiger partial charge in [-0.05, 0) is 48.4 Å². The molecule has 3 aromatic carbocycles. The first-order chi connectivity index (χ1) is 16.9. The number of nitrogens with zero attached hydrogens (tertiary/aromatic N) is 1. The number of carbonyl (C=O) groups excluding carboxylic acids is 1. The van der Waals surface area contributed by atoms with Crippen molar-refractivity contribution in [1.29, 1.82) is 0 Å². The van der Waals surface area contributed by atoms with E-state index >= 15 is 0 Å². The Morgan fingerprint density at radius 2 is 1.74 bits per heavy atom. The molecule has 1 atom stereocenters. The third-order valence-electron chi connectivity index (χ3n) is 5.76. The summed E-state index contributed by atoms with van der Waals surface area (Å²) in [7, 11) is -2.12. The number of anilines is 2. The van der Waals surface area contributed by atoms with Gasteiger partial charge in [0.2, 0.25) is 10.0 Å². The minimum absolute atomic E-state index is 0.164. The van der Waals surface area contributed by atoms with Crippen molar-refractivity contribution in [2.45, 2.75) is 17.9 Å². The predicted molar refractivity (Wildman–Crippen MR) is 135 cm³/mol. The van der Waals surface area contributed by atoms with E-state index in [2.05, 4.69) is 10.6 Å². The van der Waals surface area contributed by atoms with Gasteiger partial charge in [0.05, 0.1) is 30.9 Å². The molecule has 184 valence electrons. The highest BCUT2D eigenvalue weighted by Crippen LogP contribution is 2.29. The quantitative estimate of drug-likeness (QED) is 0.493. The molecule has 1 saturated heterocycles. The molecule has 0 radical (unpaired) electrons. The van der Waals surface area contributed by atoms with E-state index in [1.165, 1.54) is 4.31 Å². The van der Waals surface area contributed by atoms with Gasteiger partial charge in [-0.2, -0.15) is 4.31 Å². The molecular weight excluding hydrogens is 466 g/mol. The maximum absolute atomic E-state index is 13.5. The van der Waals surface area contributed by atoms with Crippen molar-refractivity contribution in [3.63, 3.8) is 0 Å². The molecule has 4 rings (SSSR count). The number of nitrogens with one attached hydrogen (secondary N) is 2. The molecule has 1 fully saturated rings. The number of aryl methyl sites for hydroxylation is 1. The van der Waals surface area contributed by atoms with E-state index in [1.54, 1.807) is 37.4 Å². The van der Waals surface area contributed by atoms with Crippen molar-refractivity contribution in [3.8, 4) is 5.75 Å². The summed E-state index contributed by atoms with van der Waals surface area (Å²) < 4.78 is 38.3. The van der Waals surface area contributed by atoms with Gasteiger partial charge >= 0.3 is 0 Å². The van der Waals surface area contributed by atoms with E-state index in [4.69, 9.17) is 9.47 Å². The Morgan fingerprint density at radius 1 is 1.00 bits per heavy atom. The summed E-state index contributed by atoms with van der Waals surface area (Å²) in [4.78, 5) is 13.6. The first kappa shape index (κ1) is 24.7. The van der Waals surface area contributed by atoms with Crippen LogP contribution in [0.5, 0.6) is 5.75 Å². The molecule has 0 aliphatic carbocycles. The zero-order valence-electron chi connectivity index (χ0n) is 19.7. The first-order valence-corrected chi connectivity index (χ1v) is 12.8. The molecule has 35 heavy (non-hydrogen) atoms. The normalized spacial score (nSPS) is 15.3. The minimum atomic E-state index is -3.67. The number of carbonyl (C=O) groups is 1. The van der Waals surface area contributed by atoms with Crippen molar-refractivity contribution < 1.29 is 22.7 Å². The monoisotopic (exact) mass is 495 g/mol. The van der Waals surface area contributed by atoms with Gasteiger partial charge < -0.3 is 20.1 Å². The Kier molecular flexibility index (Phi) is 7.70. The van der Waals surface area contributed by atoms with Gasteiger partial charge in [-0.15, -0.1) is 0 Å². The zero-order chi connectivity index (χ0) is 24.8. The topological polar surface area (TPSA) is 97.0 Å². The van der Waals surface area contributed by atoms with Gasteiger partial charge in [-0.3, -0.25) is 4.79 Å². The molecule has 0 spiro atoms. The fourth-order valence-corrected chi connectivity index (χ4v) is 5.37. The van der Waals surface area contributed by atoms with Crippen molar-refractivity contribution in [2.75, 3.05) is 44.0 Å². The third-order valence-corrected chi connectivity index (χ3v) is 7.66. The molecule has 1 aliphatic heterocycles. The molecule has 2 N–H and O–H groups in total. The average molecular weight is 496 g/mol. The summed E-state index contributed by atoms with van der Waals surface area (Å²) in [6.45, 7) is 3.30. The lowest BCUT2D eigenvalue weighted by atomic mass is 10.1. The number of hydrogen-bond acceptors (Lipinski definition) is 6. The summed E-state index contributed by atoms with van der Waals surface area (Å²) in [5.74, 6) is 0.246. The molecule has 8 nitrogen and oxygen atoms in total. The van der Waals surface area contributed by atoms with Gasteiger partial charge in [0, 0.05) is 18.8 Å². The van der Waals surface area contributed by atoms with Crippen LogP contribution < -0.4 is 15.4 Å². The molecule has 0 bridgehead atoms. The largest absolute Gasteiger partial charge is 0.495 e. The predicted octanol–water partition coefficient (Wildman–Crippen LogP) is 3.82. The Labute approximate surface area is 205 Å². The summed E-state index contributed by atoms with van der Waals surface area (Å²) >= 11 is 0. The molecular formula is C26H29N3O5S. The van der Waals surface area contributed by atoms with Gasteiger partial charge in [0.25, 0.3) is 5.91 Å². The van der Waals surface area contributed by atoms with E-state index in [0.717, 1.165) is 11.1 Å². The lowest BCUT2D eigenvalue weighted by Crippen LogP contribution is -2.40. The number of sulfonamides is 1. The number of methoxy groups -OCH3 is 1. The van der Waals surface area contributed by atoms with Crippen LogP contribution in [0.25, 0.3) is 0 Å². The smallest absolute Gasteiger partial charge is 0.251 e. The molecule has 1 heterocycles. The zero-order valence-corrected chi connectivity index (χ0v) is 20.5. The van der Waals surface area contributed by atoms with Crippen LogP contribution in [0.3, 0.4) is 0 Å². The van der Waals surface area contributed by atoms with Crippen molar-refractivity contribution >= 4 is 27.3 Å². The number of rotatable bonds is 8. The SMILES string of the molecule is COc1ccc(C)cc1NC(=O)C(Nc1cccc(S(=O)(=O)N2CCOCC2)c1)c1ccccc1. The van der Waals surface area contributed by atoms with Crippen LogP contribution in [0.2, 0.25) is 0 Å². The fourth-order valence-electron chi connectivity index (χ4n) is 3.92. The van der Waals surface area contributed by atoms with Crippen LogP contribution in [-0.2, 0) is 19.6 Å². The van der Waals surface area contributed by atoms with Crippen molar-refractivity contribution in [1.82, 2.24) is 4.31 Å². The fraction of sp³-hybridized carbons (Fsp3) is 0.269. The first-order valence-electron chi connectivity index (χ1n) is 11.3. The summed E-state index contributed by atoms with van der Waals surface area (Å²) in [6, 6.07) is 20.6. The van der Waals surface area contributed by atoms with Crippen LogP contribution in [0.4, 0.5) is 11.4 Å². The number of hydrogen-bond donors (Lipinski definition) is 2. The Bertz CT molecular complexity index is 1280. The second-order valence-corrected chi connectivity index (χ2v) is 10.2. The van der Waals surface area contributed by atoms with Crippen LogP contribution >= 0.6 is 0 Å². The van der Waals surface area contributed by atoms with Crippen molar-refractivity contribution in [2.24, 2.45) is 0 Å². The van der Waals surface area contributed by atoms with E-state index < -0.39 is 16.1 Å². The molecule has 1 unspecified atom stereocenters. The summed E-state index contributed by atoms with van der Waals surface area (Å²) in [5, 5.41) is 6.17. The number of benzene rings is 3. The highest BCUT2D eigenvalue weighted by molar-refractivity contribution is 7.89. The molecule has 3 aromatic rings. The van der Waals surface area contributed by atoms with E-state index in [0.29, 0.717) is 43.4 Å². The Balaban J connectivity index is 1.62. The second-order valence-electron chi connectivity index (χ2n) is 8.23. The average Bonchev–Trinajstić information content (AvgIpc) is 2.88. The van der Waals surface area contributed by atoms with Gasteiger partial charge in [0.15, 0.2) is 0 Å². The maximum atomic E-state index is 13.5. The summed E-state index contributed by atoms with van der Waals surface area (Å²) in [5.41, 5.74) is 2.79. The highest BCUT2D eigenvalue weighted by atomic mass is 32.2. The maximum Gasteiger partial charge on any atom is 0.251 e. The standard InChI is InChI=1S/C26H29N3O5S/c1-19-11-12-24(33-2)23(17-19)28-26(30)25(20-7-4-3-5-8-20)27-21-9-6-10-22(18-21)35(31,32)29-13-15-34-16-14-29/h3-12,17-18,25,27H,13-16H2,1-2H3,(H,28,30). The van der Waals surface area contributed by atoms with Gasteiger partial charge in [-0.25, -0.2) is 8.42 Å². The highest BCUT2D eigenvalue weighted by Gasteiger charge is 2.27. The number of amides is 1. The van der Waals surface area contributed by atoms with E-state index in [-0.39, 0.29) is 10.8 Å². The van der Waals surface area contributed by atoms with Gasteiger partial charge in [-0.1, -0.05) is 42.5 Å². The van der Waals surface area contributed by atoms with E-state index in [9.17, 15) is 13.2 Å². The second kappa shape index (κ2) is 10.9. The molecule has 9 heteroatoms. The summed E-state index contributed by atoms with van der Waals surface area (Å²) in [6.07, 6.45) is 0. The Hall–Kier alpha value is -3.40. The minimum Gasteiger partial charge on any atom is -0.495 e. The lowest BCUT2D eigenvalue weighted by Gasteiger charge is -2.26. The van der Waals surface area contributed by atoms with Crippen LogP contribution in [0.1, 0.15) is 17.2 Å². The number of ether oxygens (including phenoxy) is 2. The van der Waals surface area contributed by atoms with Crippen LogP contribution in [0.15, 0.2) is 77.7 Å². The van der Waals surface area contributed by atoms with Gasteiger partial charge in [0.1, 0.15) is 11.8 Å². The Morgan fingerprint density at radius 3 is 2.46 bits per heavy atom. The molecule has 0 aromatic heterocycles. The van der Waals surface area contributed by atoms with E-state index in [1.807, 2.05) is 49.4 Å². The molecule has 1 amide bonds.